The molecule has 4 aromatic carbocycles. The summed E-state index contributed by atoms with van der Waals surface area (Å²) in [5, 5.41) is 10.2. The molecule has 0 aromatic heterocycles. The van der Waals surface area contributed by atoms with Crippen LogP contribution in [0.25, 0.3) is 0 Å². The summed E-state index contributed by atoms with van der Waals surface area (Å²) in [6.07, 6.45) is 1.61. The Kier molecular flexibility index (Phi) is 6.26. The van der Waals surface area contributed by atoms with Gasteiger partial charge in [-0.05, 0) is 57.9 Å². The Labute approximate surface area is 214 Å². The third-order valence-electron chi connectivity index (χ3n) is 5.65. The monoisotopic (exact) mass is 572 g/mol. The molecule has 4 aromatic rings. The average Bonchev–Trinajstić information content (AvgIpc) is 3.13. The van der Waals surface area contributed by atoms with E-state index in [1.807, 2.05) is 78.9 Å². The summed E-state index contributed by atoms with van der Waals surface area (Å²) >= 11 is 6.75. The van der Waals surface area contributed by atoms with E-state index in [9.17, 15) is 9.90 Å². The molecule has 1 aliphatic rings. The zero-order valence-electron chi connectivity index (χ0n) is 17.8. The number of carbonyl (C=O) groups excluding carboxylic acids is 1. The van der Waals surface area contributed by atoms with Crippen LogP contribution < -0.4 is 0 Å². The number of hydrogen-bond donors (Lipinski definition) is 1. The highest BCUT2D eigenvalue weighted by Crippen LogP contribution is 2.36. The highest BCUT2D eigenvalue weighted by atomic mass is 79.9. The SMILES string of the molecule is O=C1c2ccccc2C(=Nc2ccc(N=Cc3cc(Br)cc(Br)c3O)cc2)[C@@H]1c1ccccc1. The molecule has 1 atom stereocenters. The van der Waals surface area contributed by atoms with E-state index in [-0.39, 0.29) is 11.5 Å². The molecule has 1 N–H and O–H groups in total. The molecule has 0 radical (unpaired) electrons. The summed E-state index contributed by atoms with van der Waals surface area (Å²) in [6, 6.07) is 28.5. The molecule has 166 valence electrons. The number of benzene rings is 4. The van der Waals surface area contributed by atoms with Crippen LogP contribution in [0.2, 0.25) is 0 Å². The van der Waals surface area contributed by atoms with Crippen molar-refractivity contribution in [2.24, 2.45) is 9.98 Å². The second-order valence-electron chi connectivity index (χ2n) is 7.85. The Bertz CT molecular complexity index is 1450. The number of aromatic hydroxyl groups is 1. The molecule has 0 aliphatic heterocycles. The fourth-order valence-electron chi connectivity index (χ4n) is 4.02. The minimum absolute atomic E-state index is 0.0711. The number of aliphatic imine (C=N–C) groups is 2. The minimum Gasteiger partial charge on any atom is -0.506 e. The number of phenols is 1. The first-order valence-corrected chi connectivity index (χ1v) is 12.2. The molecule has 5 rings (SSSR count). The number of carbonyl (C=O) groups is 1. The summed E-state index contributed by atoms with van der Waals surface area (Å²) in [4.78, 5) is 22.6. The zero-order chi connectivity index (χ0) is 23.7. The van der Waals surface area contributed by atoms with Crippen LogP contribution in [0.3, 0.4) is 0 Å². The van der Waals surface area contributed by atoms with Crippen molar-refractivity contribution >= 4 is 60.9 Å². The van der Waals surface area contributed by atoms with Gasteiger partial charge in [-0.2, -0.15) is 0 Å². The number of Topliss-reactive ketones (excluding diaryl/α,β-unsaturated/α-hetero) is 1. The number of halogens is 2. The second-order valence-corrected chi connectivity index (χ2v) is 9.62. The second kappa shape index (κ2) is 9.49. The van der Waals surface area contributed by atoms with Crippen LogP contribution in [0, 0.1) is 0 Å². The molecule has 1 aliphatic carbocycles. The van der Waals surface area contributed by atoms with Crippen molar-refractivity contribution in [2.75, 3.05) is 0 Å². The zero-order valence-corrected chi connectivity index (χ0v) is 21.0. The van der Waals surface area contributed by atoms with Crippen molar-refractivity contribution in [3.8, 4) is 5.75 Å². The van der Waals surface area contributed by atoms with Gasteiger partial charge in [0.2, 0.25) is 0 Å². The number of fused-ring (bicyclic) bond motifs is 1. The van der Waals surface area contributed by atoms with Gasteiger partial charge in [-0.25, -0.2) is 0 Å². The maximum atomic E-state index is 13.2. The van der Waals surface area contributed by atoms with Gasteiger partial charge in [-0.1, -0.05) is 70.5 Å². The molecule has 0 fully saturated rings. The van der Waals surface area contributed by atoms with Gasteiger partial charge >= 0.3 is 0 Å². The van der Waals surface area contributed by atoms with E-state index in [2.05, 4.69) is 36.9 Å². The van der Waals surface area contributed by atoms with E-state index in [1.54, 1.807) is 18.3 Å². The van der Waals surface area contributed by atoms with Crippen LogP contribution in [0.15, 0.2) is 110 Å². The van der Waals surface area contributed by atoms with Crippen molar-refractivity contribution in [2.45, 2.75) is 5.92 Å². The quantitative estimate of drug-likeness (QED) is 0.253. The summed E-state index contributed by atoms with van der Waals surface area (Å²) in [6.45, 7) is 0. The Morgan fingerprint density at radius 2 is 1.44 bits per heavy atom. The van der Waals surface area contributed by atoms with Crippen molar-refractivity contribution in [3.63, 3.8) is 0 Å². The standard InChI is InChI=1S/C28H18Br2N2O2/c29-19-14-18(27(33)24(30)15-19)16-31-20-10-12-21(13-11-20)32-26-22-8-4-5-9-23(22)28(34)25(26)17-6-2-1-3-7-17/h1-16,25,33H/t25-/m0/s1. The summed E-state index contributed by atoms with van der Waals surface area (Å²) in [7, 11) is 0. The Morgan fingerprint density at radius 1 is 0.794 bits per heavy atom. The van der Waals surface area contributed by atoms with Crippen LogP contribution >= 0.6 is 31.9 Å². The van der Waals surface area contributed by atoms with Crippen molar-refractivity contribution in [1.29, 1.82) is 0 Å². The summed E-state index contributed by atoms with van der Waals surface area (Å²) in [5.74, 6) is -0.220. The van der Waals surface area contributed by atoms with E-state index < -0.39 is 5.92 Å². The normalized spacial score (nSPS) is 16.4. The Morgan fingerprint density at radius 3 is 2.18 bits per heavy atom. The van der Waals surface area contributed by atoms with Gasteiger partial charge in [-0.3, -0.25) is 14.8 Å². The fourth-order valence-corrected chi connectivity index (χ4v) is 5.28. The lowest BCUT2D eigenvalue weighted by atomic mass is 9.93. The predicted octanol–water partition coefficient (Wildman–Crippen LogP) is 7.77. The van der Waals surface area contributed by atoms with Gasteiger partial charge in [0.1, 0.15) is 5.75 Å². The molecular formula is C28H18Br2N2O2. The van der Waals surface area contributed by atoms with Crippen molar-refractivity contribution in [3.05, 3.63) is 122 Å². The molecule has 0 amide bonds. The minimum atomic E-state index is -0.422. The lowest BCUT2D eigenvalue weighted by Crippen LogP contribution is -2.13. The molecule has 4 nitrogen and oxygen atoms in total. The number of ketones is 1. The van der Waals surface area contributed by atoms with Crippen LogP contribution in [0.1, 0.15) is 33.0 Å². The largest absolute Gasteiger partial charge is 0.506 e. The first-order chi connectivity index (χ1) is 16.5. The average molecular weight is 574 g/mol. The maximum Gasteiger partial charge on any atom is 0.176 e. The molecule has 34 heavy (non-hydrogen) atoms. The van der Waals surface area contributed by atoms with E-state index in [0.717, 1.165) is 32.7 Å². The van der Waals surface area contributed by atoms with Gasteiger partial charge in [0, 0.05) is 27.4 Å². The fraction of sp³-hybridized carbons (Fsp3) is 0.0357. The van der Waals surface area contributed by atoms with Gasteiger partial charge in [-0.15, -0.1) is 0 Å². The van der Waals surface area contributed by atoms with E-state index >= 15 is 0 Å². The van der Waals surface area contributed by atoms with Crippen LogP contribution in [0.4, 0.5) is 11.4 Å². The van der Waals surface area contributed by atoms with Crippen LogP contribution in [0.5, 0.6) is 5.75 Å². The molecular weight excluding hydrogens is 556 g/mol. The maximum absolute atomic E-state index is 13.2. The summed E-state index contributed by atoms with van der Waals surface area (Å²) in [5.41, 5.74) is 5.33. The third-order valence-corrected chi connectivity index (χ3v) is 6.71. The third kappa shape index (κ3) is 4.39. The highest BCUT2D eigenvalue weighted by molar-refractivity contribution is 9.11. The lowest BCUT2D eigenvalue weighted by molar-refractivity contribution is 0.0988. The molecule has 0 saturated heterocycles. The van der Waals surface area contributed by atoms with Gasteiger partial charge < -0.3 is 5.11 Å². The predicted molar refractivity (Wildman–Crippen MR) is 143 cm³/mol. The first-order valence-electron chi connectivity index (χ1n) is 10.6. The van der Waals surface area contributed by atoms with Gasteiger partial charge in [0.25, 0.3) is 0 Å². The molecule has 0 unspecified atom stereocenters. The Hall–Kier alpha value is -3.35. The number of hydrogen-bond acceptors (Lipinski definition) is 4. The molecule has 0 spiro atoms. The first kappa shape index (κ1) is 22.4. The highest BCUT2D eigenvalue weighted by Gasteiger charge is 2.37. The van der Waals surface area contributed by atoms with E-state index in [4.69, 9.17) is 4.99 Å². The summed E-state index contributed by atoms with van der Waals surface area (Å²) < 4.78 is 1.43. The molecule has 0 bridgehead atoms. The van der Waals surface area contributed by atoms with Gasteiger partial charge in [0.15, 0.2) is 5.78 Å². The van der Waals surface area contributed by atoms with E-state index in [0.29, 0.717) is 15.6 Å². The topological polar surface area (TPSA) is 62.0 Å². The van der Waals surface area contributed by atoms with Gasteiger partial charge in [0.05, 0.1) is 27.5 Å². The van der Waals surface area contributed by atoms with Crippen LogP contribution in [-0.4, -0.2) is 22.8 Å². The van der Waals surface area contributed by atoms with E-state index in [1.165, 1.54) is 0 Å². The number of rotatable bonds is 4. The molecule has 0 saturated carbocycles. The Balaban J connectivity index is 1.48. The van der Waals surface area contributed by atoms with Crippen molar-refractivity contribution in [1.82, 2.24) is 0 Å². The van der Waals surface area contributed by atoms with Crippen molar-refractivity contribution < 1.29 is 9.90 Å². The van der Waals surface area contributed by atoms with Crippen LogP contribution in [-0.2, 0) is 0 Å². The lowest BCUT2D eigenvalue weighted by Gasteiger charge is -2.11. The number of phenolic OH excluding ortho intramolecular Hbond substituents is 1. The molecule has 6 heteroatoms. The smallest absolute Gasteiger partial charge is 0.176 e. The number of nitrogens with zero attached hydrogens (tertiary/aromatic N) is 2. The molecule has 0 heterocycles.